The third-order valence-corrected chi connectivity index (χ3v) is 5.29. The second kappa shape index (κ2) is 7.58. The molecular weight excluding hydrogens is 336 g/mol. The van der Waals surface area contributed by atoms with Crippen molar-refractivity contribution >= 4 is 15.9 Å². The smallest absolute Gasteiger partial charge is 0.251 e. The molecule has 0 bridgehead atoms. The number of aliphatic hydroxyl groups is 2. The maximum absolute atomic E-state index is 12.0. The van der Waals surface area contributed by atoms with Crippen LogP contribution < -0.4 is 10.0 Å². The number of ether oxygens (including phenoxy) is 1. The van der Waals surface area contributed by atoms with Crippen LogP contribution in [0.4, 0.5) is 0 Å². The summed E-state index contributed by atoms with van der Waals surface area (Å²) in [6.07, 6.45) is -2.21. The third kappa shape index (κ3) is 4.52. The van der Waals surface area contributed by atoms with Crippen LogP contribution in [0.5, 0.6) is 0 Å². The van der Waals surface area contributed by atoms with Gasteiger partial charge in [0.1, 0.15) is 11.7 Å². The number of hydrogen-bond donors (Lipinski definition) is 4. The Bertz CT molecular complexity index is 666. The van der Waals surface area contributed by atoms with Crippen LogP contribution in [-0.4, -0.2) is 67.8 Å². The minimum atomic E-state index is -3.42. The lowest BCUT2D eigenvalue weighted by Gasteiger charge is -2.26. The first-order valence-corrected chi connectivity index (χ1v) is 9.25. The molecule has 1 aromatic rings. The van der Waals surface area contributed by atoms with E-state index in [2.05, 4.69) is 10.0 Å². The lowest BCUT2D eigenvalue weighted by Crippen LogP contribution is -2.53. The number of nitrogens with one attached hydrogen (secondary N) is 2. The normalized spacial score (nSPS) is 27.1. The number of carbonyl (C=O) groups is 1. The topological polar surface area (TPSA) is 125 Å². The Hall–Kier alpha value is -1.52. The molecule has 1 fully saturated rings. The molecule has 2 rings (SSSR count). The first kappa shape index (κ1) is 18.8. The molecule has 0 spiro atoms. The maximum Gasteiger partial charge on any atom is 0.251 e. The minimum Gasteiger partial charge on any atom is -0.387 e. The van der Waals surface area contributed by atoms with Gasteiger partial charge < -0.3 is 20.3 Å². The highest BCUT2D eigenvalue weighted by Gasteiger charge is 2.48. The minimum absolute atomic E-state index is 0.0901. The predicted molar refractivity (Wildman–Crippen MR) is 86.9 cm³/mol. The number of rotatable bonds is 7. The van der Waals surface area contributed by atoms with Crippen LogP contribution in [0, 0.1) is 0 Å². The van der Waals surface area contributed by atoms with Crippen molar-refractivity contribution in [1.29, 1.82) is 0 Å². The molecule has 1 aromatic carbocycles. The first-order valence-electron chi connectivity index (χ1n) is 7.60. The zero-order chi connectivity index (χ0) is 17.8. The Kier molecular flexibility index (Phi) is 5.94. The Morgan fingerprint density at radius 1 is 1.38 bits per heavy atom. The lowest BCUT2D eigenvalue weighted by atomic mass is 9.96. The number of aliphatic hydroxyl groups excluding tert-OH is 1. The third-order valence-electron chi connectivity index (χ3n) is 3.93. The monoisotopic (exact) mass is 358 g/mol. The molecule has 1 saturated heterocycles. The second-order valence-corrected chi connectivity index (χ2v) is 7.79. The molecule has 0 aliphatic carbocycles. The fraction of sp³-hybridized carbons (Fsp3) is 0.533. The largest absolute Gasteiger partial charge is 0.387 e. The van der Waals surface area contributed by atoms with Crippen molar-refractivity contribution in [1.82, 2.24) is 10.0 Å². The first-order chi connectivity index (χ1) is 11.3. The summed E-state index contributed by atoms with van der Waals surface area (Å²) in [7, 11) is -3.42. The van der Waals surface area contributed by atoms with Gasteiger partial charge in [0.2, 0.25) is 10.0 Å². The molecule has 3 atom stereocenters. The fourth-order valence-electron chi connectivity index (χ4n) is 2.34. The average molecular weight is 358 g/mol. The molecule has 9 heteroatoms. The van der Waals surface area contributed by atoms with E-state index < -0.39 is 27.8 Å². The SMILES string of the molecule is CCS(=O)(=O)NC[C@H]1OC[C@@](O)(CNC(=O)c2ccccc2)[C@@H]1O. The van der Waals surface area contributed by atoms with E-state index >= 15 is 0 Å². The highest BCUT2D eigenvalue weighted by molar-refractivity contribution is 7.89. The molecule has 1 aliphatic rings. The van der Waals surface area contributed by atoms with E-state index in [1.807, 2.05) is 0 Å². The summed E-state index contributed by atoms with van der Waals surface area (Å²) in [6, 6.07) is 8.47. The summed E-state index contributed by atoms with van der Waals surface area (Å²) in [5.41, 5.74) is -1.24. The summed E-state index contributed by atoms with van der Waals surface area (Å²) in [6.45, 7) is 0.927. The maximum atomic E-state index is 12.0. The van der Waals surface area contributed by atoms with Crippen molar-refractivity contribution in [2.45, 2.75) is 24.7 Å². The molecule has 1 heterocycles. The van der Waals surface area contributed by atoms with Gasteiger partial charge in [-0.1, -0.05) is 18.2 Å². The van der Waals surface area contributed by atoms with E-state index in [4.69, 9.17) is 4.74 Å². The molecule has 4 N–H and O–H groups in total. The van der Waals surface area contributed by atoms with E-state index in [-0.39, 0.29) is 31.4 Å². The Labute approximate surface area is 140 Å². The van der Waals surface area contributed by atoms with Gasteiger partial charge in [0.25, 0.3) is 5.91 Å². The van der Waals surface area contributed by atoms with E-state index in [0.717, 1.165) is 0 Å². The molecule has 0 unspecified atom stereocenters. The van der Waals surface area contributed by atoms with Gasteiger partial charge in [0, 0.05) is 12.1 Å². The van der Waals surface area contributed by atoms with Crippen LogP contribution in [0.3, 0.4) is 0 Å². The molecule has 1 aliphatic heterocycles. The molecule has 0 radical (unpaired) electrons. The fourth-order valence-corrected chi connectivity index (χ4v) is 2.96. The molecule has 8 nitrogen and oxygen atoms in total. The van der Waals surface area contributed by atoms with E-state index in [1.165, 1.54) is 6.92 Å². The highest BCUT2D eigenvalue weighted by Crippen LogP contribution is 2.24. The molecule has 0 saturated carbocycles. The van der Waals surface area contributed by atoms with Crippen molar-refractivity contribution in [2.75, 3.05) is 25.4 Å². The Balaban J connectivity index is 1.90. The van der Waals surface area contributed by atoms with Crippen LogP contribution in [0.2, 0.25) is 0 Å². The van der Waals surface area contributed by atoms with Gasteiger partial charge in [-0.3, -0.25) is 4.79 Å². The second-order valence-electron chi connectivity index (χ2n) is 5.70. The van der Waals surface area contributed by atoms with Crippen molar-refractivity contribution in [3.8, 4) is 0 Å². The lowest BCUT2D eigenvalue weighted by molar-refractivity contribution is -0.0462. The molecular formula is C15H22N2O6S. The van der Waals surface area contributed by atoms with Crippen molar-refractivity contribution in [3.05, 3.63) is 35.9 Å². The highest BCUT2D eigenvalue weighted by atomic mass is 32.2. The van der Waals surface area contributed by atoms with Gasteiger partial charge in [-0.2, -0.15) is 0 Å². The van der Waals surface area contributed by atoms with E-state index in [9.17, 15) is 23.4 Å². The van der Waals surface area contributed by atoms with E-state index in [1.54, 1.807) is 30.3 Å². The molecule has 134 valence electrons. The number of hydrogen-bond acceptors (Lipinski definition) is 6. The van der Waals surface area contributed by atoms with Gasteiger partial charge in [-0.25, -0.2) is 13.1 Å². The molecule has 24 heavy (non-hydrogen) atoms. The van der Waals surface area contributed by atoms with Crippen molar-refractivity contribution in [2.24, 2.45) is 0 Å². The molecule has 1 amide bonds. The zero-order valence-corrected chi connectivity index (χ0v) is 14.1. The predicted octanol–water partition coefficient (Wildman–Crippen LogP) is -1.15. The van der Waals surface area contributed by atoms with Gasteiger partial charge in [0.05, 0.1) is 25.0 Å². The quantitative estimate of drug-likeness (QED) is 0.488. The number of carbonyl (C=O) groups excluding carboxylic acids is 1. The number of sulfonamides is 1. The Morgan fingerprint density at radius 3 is 2.67 bits per heavy atom. The molecule has 0 aromatic heterocycles. The number of benzene rings is 1. The number of amides is 1. The van der Waals surface area contributed by atoms with Gasteiger partial charge in [0.15, 0.2) is 0 Å². The van der Waals surface area contributed by atoms with E-state index in [0.29, 0.717) is 5.56 Å². The van der Waals surface area contributed by atoms with Gasteiger partial charge in [-0.15, -0.1) is 0 Å². The standard InChI is InChI=1S/C15H22N2O6S/c1-2-24(21,22)17-8-12-13(18)15(20,10-23-12)9-16-14(19)11-6-4-3-5-7-11/h3-7,12-13,17-18,20H,2,8-10H2,1H3,(H,16,19)/t12-,13-,15+/m1/s1. The van der Waals surface area contributed by atoms with Crippen molar-refractivity contribution < 1.29 is 28.2 Å². The van der Waals surface area contributed by atoms with Gasteiger partial charge >= 0.3 is 0 Å². The van der Waals surface area contributed by atoms with Crippen LogP contribution >= 0.6 is 0 Å². The average Bonchev–Trinajstić information content (AvgIpc) is 2.87. The summed E-state index contributed by atoms with van der Waals surface area (Å²) in [5.74, 6) is -0.473. The van der Waals surface area contributed by atoms with Gasteiger partial charge in [-0.05, 0) is 19.1 Å². The summed E-state index contributed by atoms with van der Waals surface area (Å²) in [4.78, 5) is 12.0. The van der Waals surface area contributed by atoms with Crippen LogP contribution in [0.25, 0.3) is 0 Å². The van der Waals surface area contributed by atoms with Crippen LogP contribution in [0.15, 0.2) is 30.3 Å². The van der Waals surface area contributed by atoms with Crippen LogP contribution in [0.1, 0.15) is 17.3 Å². The Morgan fingerprint density at radius 2 is 2.04 bits per heavy atom. The zero-order valence-electron chi connectivity index (χ0n) is 13.3. The van der Waals surface area contributed by atoms with Crippen molar-refractivity contribution in [3.63, 3.8) is 0 Å². The summed E-state index contributed by atoms with van der Waals surface area (Å²) < 4.78 is 30.4. The summed E-state index contributed by atoms with van der Waals surface area (Å²) >= 11 is 0. The van der Waals surface area contributed by atoms with Crippen LogP contribution in [-0.2, 0) is 14.8 Å². The summed E-state index contributed by atoms with van der Waals surface area (Å²) in [5, 5.41) is 23.2.